The molecule has 1 amide bonds. The lowest BCUT2D eigenvalue weighted by atomic mass is 10.2. The Balaban J connectivity index is 2.01. The molecular formula is C16H20BrN3O. The Morgan fingerprint density at radius 2 is 1.90 bits per heavy atom. The molecule has 5 heteroatoms. The van der Waals surface area contributed by atoms with Gasteiger partial charge in [-0.3, -0.25) is 9.48 Å². The Labute approximate surface area is 133 Å². The monoisotopic (exact) mass is 349 g/mol. The molecule has 0 saturated carbocycles. The maximum Gasteiger partial charge on any atom is 0.226 e. The largest absolute Gasteiger partial charge is 0.326 e. The molecule has 0 unspecified atom stereocenters. The Hall–Kier alpha value is -1.62. The van der Waals surface area contributed by atoms with Gasteiger partial charge in [0.15, 0.2) is 0 Å². The van der Waals surface area contributed by atoms with Crippen LogP contribution < -0.4 is 5.32 Å². The van der Waals surface area contributed by atoms with Crippen molar-refractivity contribution in [2.45, 2.75) is 40.2 Å². The van der Waals surface area contributed by atoms with Crippen molar-refractivity contribution >= 4 is 27.5 Å². The second kappa shape index (κ2) is 6.43. The fourth-order valence-corrected chi connectivity index (χ4v) is 2.54. The van der Waals surface area contributed by atoms with Crippen LogP contribution in [0.4, 0.5) is 5.69 Å². The summed E-state index contributed by atoms with van der Waals surface area (Å²) in [5, 5.41) is 7.42. The first-order chi connectivity index (χ1) is 9.88. The number of rotatable bonds is 4. The van der Waals surface area contributed by atoms with E-state index >= 15 is 0 Å². The normalized spacial score (nSPS) is 12.2. The number of aromatic nitrogens is 2. The molecular weight excluding hydrogens is 330 g/mol. The van der Waals surface area contributed by atoms with Crippen molar-refractivity contribution in [2.75, 3.05) is 5.32 Å². The van der Waals surface area contributed by atoms with Crippen LogP contribution >= 0.6 is 15.9 Å². The molecule has 1 aromatic carbocycles. The number of amides is 1. The van der Waals surface area contributed by atoms with Crippen LogP contribution in [-0.4, -0.2) is 15.7 Å². The van der Waals surface area contributed by atoms with E-state index in [0.29, 0.717) is 6.42 Å². The Kier molecular flexibility index (Phi) is 4.83. The number of hydrogen-bond acceptors (Lipinski definition) is 2. The van der Waals surface area contributed by atoms with E-state index in [0.717, 1.165) is 21.5 Å². The summed E-state index contributed by atoms with van der Waals surface area (Å²) in [5.74, 6) is -0.00460. The molecule has 2 aromatic rings. The minimum Gasteiger partial charge on any atom is -0.326 e. The van der Waals surface area contributed by atoms with Crippen molar-refractivity contribution in [3.05, 3.63) is 45.7 Å². The van der Waals surface area contributed by atoms with E-state index in [2.05, 4.69) is 33.3 Å². The van der Waals surface area contributed by atoms with Crippen LogP contribution in [0.2, 0.25) is 0 Å². The number of halogens is 1. The third-order valence-corrected chi connectivity index (χ3v) is 4.24. The molecule has 1 aromatic heterocycles. The van der Waals surface area contributed by atoms with Gasteiger partial charge < -0.3 is 5.32 Å². The molecule has 0 radical (unpaired) electrons. The van der Waals surface area contributed by atoms with E-state index in [9.17, 15) is 4.79 Å². The van der Waals surface area contributed by atoms with E-state index in [1.165, 1.54) is 5.56 Å². The highest BCUT2D eigenvalue weighted by molar-refractivity contribution is 9.10. The minimum absolute atomic E-state index is 0.00460. The summed E-state index contributed by atoms with van der Waals surface area (Å²) < 4.78 is 2.93. The SMILES string of the molecule is Cc1nn([C@H](C)CC(=O)Nc2ccc(Br)cc2)c(C)c1C. The molecule has 0 aliphatic carbocycles. The van der Waals surface area contributed by atoms with Gasteiger partial charge in [0.2, 0.25) is 5.91 Å². The number of carbonyl (C=O) groups excluding carboxylic acids is 1. The summed E-state index contributed by atoms with van der Waals surface area (Å²) in [6, 6.07) is 7.60. The molecule has 1 atom stereocenters. The standard InChI is InChI=1S/C16H20BrN3O/c1-10(20-13(4)11(2)12(3)19-20)9-16(21)18-15-7-5-14(17)6-8-15/h5-8,10H,9H2,1-4H3,(H,18,21)/t10-/m1/s1. The third kappa shape index (κ3) is 3.73. The van der Waals surface area contributed by atoms with Crippen LogP contribution in [0.15, 0.2) is 28.7 Å². The lowest BCUT2D eigenvalue weighted by Crippen LogP contribution is -2.19. The van der Waals surface area contributed by atoms with Crippen molar-refractivity contribution in [1.29, 1.82) is 0 Å². The summed E-state index contributed by atoms with van der Waals surface area (Å²) in [5.41, 5.74) is 4.14. The lowest BCUT2D eigenvalue weighted by Gasteiger charge is -2.14. The quantitative estimate of drug-likeness (QED) is 0.900. The smallest absolute Gasteiger partial charge is 0.226 e. The zero-order chi connectivity index (χ0) is 15.6. The number of benzene rings is 1. The van der Waals surface area contributed by atoms with E-state index < -0.39 is 0 Å². The average molecular weight is 350 g/mol. The van der Waals surface area contributed by atoms with Gasteiger partial charge in [0.1, 0.15) is 0 Å². The predicted molar refractivity (Wildman–Crippen MR) is 88.5 cm³/mol. The molecule has 0 aliphatic rings. The summed E-state index contributed by atoms with van der Waals surface area (Å²) in [4.78, 5) is 12.1. The van der Waals surface area contributed by atoms with Crippen LogP contribution in [0, 0.1) is 20.8 Å². The zero-order valence-electron chi connectivity index (χ0n) is 12.8. The van der Waals surface area contributed by atoms with E-state index in [1.807, 2.05) is 49.7 Å². The lowest BCUT2D eigenvalue weighted by molar-refractivity contribution is -0.116. The highest BCUT2D eigenvalue weighted by Crippen LogP contribution is 2.20. The second-order valence-corrected chi connectivity index (χ2v) is 6.26. The van der Waals surface area contributed by atoms with Gasteiger partial charge in [0.25, 0.3) is 0 Å². The Morgan fingerprint density at radius 1 is 1.29 bits per heavy atom. The number of nitrogens with one attached hydrogen (secondary N) is 1. The number of aryl methyl sites for hydroxylation is 1. The number of anilines is 1. The van der Waals surface area contributed by atoms with Crippen LogP contribution in [-0.2, 0) is 4.79 Å². The van der Waals surface area contributed by atoms with Crippen LogP contribution in [0.5, 0.6) is 0 Å². The maximum absolute atomic E-state index is 12.1. The van der Waals surface area contributed by atoms with Gasteiger partial charge in [-0.1, -0.05) is 15.9 Å². The van der Waals surface area contributed by atoms with Gasteiger partial charge in [-0.15, -0.1) is 0 Å². The van der Waals surface area contributed by atoms with Gasteiger partial charge in [0, 0.05) is 22.3 Å². The molecule has 0 aliphatic heterocycles. The average Bonchev–Trinajstić information content (AvgIpc) is 2.69. The van der Waals surface area contributed by atoms with E-state index in [1.54, 1.807) is 0 Å². The van der Waals surface area contributed by atoms with Crippen LogP contribution in [0.3, 0.4) is 0 Å². The summed E-state index contributed by atoms with van der Waals surface area (Å²) in [6.07, 6.45) is 0.400. The van der Waals surface area contributed by atoms with E-state index in [-0.39, 0.29) is 11.9 Å². The topological polar surface area (TPSA) is 46.9 Å². The van der Waals surface area contributed by atoms with Crippen molar-refractivity contribution in [3.63, 3.8) is 0 Å². The minimum atomic E-state index is -0.00460. The second-order valence-electron chi connectivity index (χ2n) is 5.35. The van der Waals surface area contributed by atoms with Crippen molar-refractivity contribution in [1.82, 2.24) is 9.78 Å². The van der Waals surface area contributed by atoms with Crippen molar-refractivity contribution in [2.24, 2.45) is 0 Å². The van der Waals surface area contributed by atoms with Gasteiger partial charge in [-0.2, -0.15) is 5.10 Å². The first-order valence-electron chi connectivity index (χ1n) is 6.96. The Morgan fingerprint density at radius 3 is 2.43 bits per heavy atom. The first-order valence-corrected chi connectivity index (χ1v) is 7.75. The van der Waals surface area contributed by atoms with Crippen molar-refractivity contribution in [3.8, 4) is 0 Å². The number of hydrogen-bond donors (Lipinski definition) is 1. The fourth-order valence-electron chi connectivity index (χ4n) is 2.27. The maximum atomic E-state index is 12.1. The molecule has 4 nitrogen and oxygen atoms in total. The Bertz CT molecular complexity index is 646. The van der Waals surface area contributed by atoms with Crippen LogP contribution in [0.1, 0.15) is 36.3 Å². The summed E-state index contributed by atoms with van der Waals surface area (Å²) >= 11 is 3.38. The highest BCUT2D eigenvalue weighted by Gasteiger charge is 2.16. The van der Waals surface area contributed by atoms with Gasteiger partial charge in [-0.25, -0.2) is 0 Å². The number of nitrogens with zero attached hydrogens (tertiary/aromatic N) is 2. The molecule has 1 heterocycles. The molecule has 0 spiro atoms. The molecule has 0 bridgehead atoms. The molecule has 21 heavy (non-hydrogen) atoms. The third-order valence-electron chi connectivity index (χ3n) is 3.71. The fraction of sp³-hybridized carbons (Fsp3) is 0.375. The molecule has 0 saturated heterocycles. The summed E-state index contributed by atoms with van der Waals surface area (Å²) in [7, 11) is 0. The predicted octanol–water partition coefficient (Wildman–Crippen LogP) is 4.16. The molecule has 2 rings (SSSR count). The molecule has 0 fully saturated rings. The van der Waals surface area contributed by atoms with Gasteiger partial charge in [0.05, 0.1) is 11.7 Å². The highest BCUT2D eigenvalue weighted by atomic mass is 79.9. The summed E-state index contributed by atoms with van der Waals surface area (Å²) in [6.45, 7) is 8.11. The van der Waals surface area contributed by atoms with Crippen molar-refractivity contribution < 1.29 is 4.79 Å². The van der Waals surface area contributed by atoms with Gasteiger partial charge >= 0.3 is 0 Å². The number of carbonyl (C=O) groups is 1. The molecule has 1 N–H and O–H groups in total. The van der Waals surface area contributed by atoms with Crippen LogP contribution in [0.25, 0.3) is 0 Å². The zero-order valence-corrected chi connectivity index (χ0v) is 14.4. The molecule has 112 valence electrons. The van der Waals surface area contributed by atoms with Gasteiger partial charge in [-0.05, 0) is 57.5 Å². The van der Waals surface area contributed by atoms with E-state index in [4.69, 9.17) is 0 Å². The first kappa shape index (κ1) is 15.8.